The quantitative estimate of drug-likeness (QED) is 0.800. The van der Waals surface area contributed by atoms with Crippen LogP contribution in [0.2, 0.25) is 0 Å². The minimum Gasteiger partial charge on any atom is -0.480 e. The Morgan fingerprint density at radius 3 is 2.85 bits per heavy atom. The Kier molecular flexibility index (Phi) is 3.04. The van der Waals surface area contributed by atoms with Crippen molar-refractivity contribution in [3.8, 4) is 6.07 Å². The smallest absolute Gasteiger partial charge is 0.321 e. The fraction of sp³-hybridized carbons (Fsp3) is 0.333. The minimum atomic E-state index is -1.05. The van der Waals surface area contributed by atoms with E-state index in [2.05, 4.69) is 0 Å². The first-order valence-corrected chi connectivity index (χ1v) is 4.63. The van der Waals surface area contributed by atoms with E-state index in [9.17, 15) is 4.79 Å². The minimum absolute atomic E-state index is 0.310. The standard InChI is InChI=1S/C9H9NO2S/c1-6-2-3-8(13-6)4-7(5-10)9(11)12/h2-3,7H,4H2,1H3,(H,11,12)/t7-/m1/s1. The van der Waals surface area contributed by atoms with Gasteiger partial charge < -0.3 is 5.11 Å². The number of thiophene rings is 1. The second kappa shape index (κ2) is 4.06. The van der Waals surface area contributed by atoms with Gasteiger partial charge in [0.15, 0.2) is 0 Å². The highest BCUT2D eigenvalue weighted by molar-refractivity contribution is 7.11. The van der Waals surface area contributed by atoms with Crippen molar-refractivity contribution < 1.29 is 9.90 Å². The molecule has 4 heteroatoms. The Hall–Kier alpha value is -1.34. The number of nitrogens with zero attached hydrogens (tertiary/aromatic N) is 1. The van der Waals surface area contributed by atoms with Crippen molar-refractivity contribution in [2.75, 3.05) is 0 Å². The molecule has 0 unspecified atom stereocenters. The molecule has 1 aromatic heterocycles. The van der Waals surface area contributed by atoms with Crippen LogP contribution in [0.5, 0.6) is 0 Å². The SMILES string of the molecule is Cc1ccc(C[C@H](C#N)C(=O)O)s1. The molecule has 0 fully saturated rings. The number of nitriles is 1. The first-order valence-electron chi connectivity index (χ1n) is 3.81. The van der Waals surface area contributed by atoms with E-state index in [4.69, 9.17) is 10.4 Å². The zero-order valence-electron chi connectivity index (χ0n) is 7.15. The molecule has 68 valence electrons. The number of rotatable bonds is 3. The van der Waals surface area contributed by atoms with Gasteiger partial charge in [0, 0.05) is 16.2 Å². The molecule has 0 aliphatic carbocycles. The van der Waals surface area contributed by atoms with Crippen molar-refractivity contribution in [2.45, 2.75) is 13.3 Å². The highest BCUT2D eigenvalue weighted by Crippen LogP contribution is 2.18. The normalized spacial score (nSPS) is 12.0. The predicted molar refractivity (Wildman–Crippen MR) is 49.5 cm³/mol. The average Bonchev–Trinajstić information content (AvgIpc) is 2.46. The van der Waals surface area contributed by atoms with Gasteiger partial charge in [0.1, 0.15) is 5.92 Å². The van der Waals surface area contributed by atoms with Gasteiger partial charge in [0.2, 0.25) is 0 Å². The first kappa shape index (κ1) is 9.75. The summed E-state index contributed by atoms with van der Waals surface area (Å²) in [7, 11) is 0. The van der Waals surface area contributed by atoms with Gasteiger partial charge in [0.05, 0.1) is 6.07 Å². The molecule has 1 heterocycles. The zero-order valence-corrected chi connectivity index (χ0v) is 7.97. The predicted octanol–water partition coefficient (Wildman–Crippen LogP) is 1.82. The summed E-state index contributed by atoms with van der Waals surface area (Å²) >= 11 is 1.53. The van der Waals surface area contributed by atoms with Gasteiger partial charge in [-0.25, -0.2) is 0 Å². The van der Waals surface area contributed by atoms with Crippen molar-refractivity contribution in [2.24, 2.45) is 5.92 Å². The van der Waals surface area contributed by atoms with Gasteiger partial charge in [-0.1, -0.05) is 0 Å². The van der Waals surface area contributed by atoms with Crippen LogP contribution in [0.15, 0.2) is 12.1 Å². The van der Waals surface area contributed by atoms with Gasteiger partial charge in [0.25, 0.3) is 0 Å². The van der Waals surface area contributed by atoms with Gasteiger partial charge in [-0.05, 0) is 19.1 Å². The highest BCUT2D eigenvalue weighted by atomic mass is 32.1. The van der Waals surface area contributed by atoms with Crippen LogP contribution in [0.25, 0.3) is 0 Å². The van der Waals surface area contributed by atoms with E-state index in [0.29, 0.717) is 6.42 Å². The maximum Gasteiger partial charge on any atom is 0.321 e. The molecule has 0 saturated carbocycles. The van der Waals surface area contributed by atoms with E-state index in [1.165, 1.54) is 11.3 Å². The number of carboxylic acids is 1. The van der Waals surface area contributed by atoms with Crippen LogP contribution in [0.1, 0.15) is 9.75 Å². The molecule has 0 amide bonds. The highest BCUT2D eigenvalue weighted by Gasteiger charge is 2.17. The van der Waals surface area contributed by atoms with E-state index >= 15 is 0 Å². The lowest BCUT2D eigenvalue weighted by Gasteiger charge is -1.99. The molecule has 0 aliphatic rings. The lowest BCUT2D eigenvalue weighted by Crippen LogP contribution is -2.13. The number of hydrogen-bond acceptors (Lipinski definition) is 3. The summed E-state index contributed by atoms with van der Waals surface area (Å²) < 4.78 is 0. The molecule has 3 nitrogen and oxygen atoms in total. The third-order valence-corrected chi connectivity index (χ3v) is 2.68. The number of carbonyl (C=O) groups is 1. The van der Waals surface area contributed by atoms with Gasteiger partial charge in [-0.3, -0.25) is 4.79 Å². The molecule has 0 radical (unpaired) electrons. The summed E-state index contributed by atoms with van der Waals surface area (Å²) in [6.45, 7) is 1.95. The van der Waals surface area contributed by atoms with Crippen LogP contribution in [-0.4, -0.2) is 11.1 Å². The Labute approximate surface area is 80.2 Å². The Morgan fingerprint density at radius 1 is 1.77 bits per heavy atom. The second-order valence-electron chi connectivity index (χ2n) is 2.74. The second-order valence-corrected chi connectivity index (χ2v) is 4.11. The molecule has 13 heavy (non-hydrogen) atoms. The molecule has 0 aliphatic heterocycles. The van der Waals surface area contributed by atoms with Crippen LogP contribution in [0.4, 0.5) is 0 Å². The van der Waals surface area contributed by atoms with Crippen LogP contribution in [0, 0.1) is 24.2 Å². The molecule has 1 atom stereocenters. The Balaban J connectivity index is 2.68. The Morgan fingerprint density at radius 2 is 2.46 bits per heavy atom. The monoisotopic (exact) mass is 195 g/mol. The number of aryl methyl sites for hydroxylation is 1. The van der Waals surface area contributed by atoms with Crippen molar-refractivity contribution in [3.63, 3.8) is 0 Å². The van der Waals surface area contributed by atoms with Crippen molar-refractivity contribution >= 4 is 17.3 Å². The average molecular weight is 195 g/mol. The maximum absolute atomic E-state index is 10.5. The Bertz CT molecular complexity index is 351. The summed E-state index contributed by atoms with van der Waals surface area (Å²) in [5.41, 5.74) is 0. The molecule has 0 spiro atoms. The molecule has 0 bridgehead atoms. The van der Waals surface area contributed by atoms with Gasteiger partial charge in [-0.15, -0.1) is 11.3 Å². The molecular weight excluding hydrogens is 186 g/mol. The van der Waals surface area contributed by atoms with Crippen LogP contribution < -0.4 is 0 Å². The summed E-state index contributed by atoms with van der Waals surface area (Å²) in [5, 5.41) is 17.2. The number of carboxylic acid groups (broad SMARTS) is 1. The molecular formula is C9H9NO2S. The first-order chi connectivity index (χ1) is 6.13. The summed E-state index contributed by atoms with van der Waals surface area (Å²) in [5.74, 6) is -1.97. The van der Waals surface area contributed by atoms with Gasteiger partial charge in [-0.2, -0.15) is 5.26 Å². The maximum atomic E-state index is 10.5. The van der Waals surface area contributed by atoms with Crippen LogP contribution in [-0.2, 0) is 11.2 Å². The largest absolute Gasteiger partial charge is 0.480 e. The topological polar surface area (TPSA) is 61.1 Å². The number of aliphatic carboxylic acids is 1. The zero-order chi connectivity index (χ0) is 9.84. The van der Waals surface area contributed by atoms with E-state index in [-0.39, 0.29) is 0 Å². The van der Waals surface area contributed by atoms with Crippen molar-refractivity contribution in [1.82, 2.24) is 0 Å². The molecule has 1 aromatic rings. The summed E-state index contributed by atoms with van der Waals surface area (Å²) in [6, 6.07) is 5.56. The van der Waals surface area contributed by atoms with Crippen LogP contribution in [0.3, 0.4) is 0 Å². The lowest BCUT2D eigenvalue weighted by molar-refractivity contribution is -0.139. The van der Waals surface area contributed by atoms with E-state index in [0.717, 1.165) is 9.75 Å². The van der Waals surface area contributed by atoms with E-state index in [1.807, 2.05) is 19.1 Å². The fourth-order valence-corrected chi connectivity index (χ4v) is 1.92. The lowest BCUT2D eigenvalue weighted by atomic mass is 10.1. The summed E-state index contributed by atoms with van der Waals surface area (Å²) in [6.07, 6.45) is 0.310. The van der Waals surface area contributed by atoms with Crippen molar-refractivity contribution in [1.29, 1.82) is 5.26 Å². The van der Waals surface area contributed by atoms with Crippen LogP contribution >= 0.6 is 11.3 Å². The molecule has 1 N–H and O–H groups in total. The summed E-state index contributed by atoms with van der Waals surface area (Å²) in [4.78, 5) is 12.6. The van der Waals surface area contributed by atoms with Gasteiger partial charge >= 0.3 is 5.97 Å². The van der Waals surface area contributed by atoms with E-state index < -0.39 is 11.9 Å². The third-order valence-electron chi connectivity index (χ3n) is 1.66. The molecule has 0 aromatic carbocycles. The third kappa shape index (κ3) is 2.56. The number of hydrogen-bond donors (Lipinski definition) is 1. The van der Waals surface area contributed by atoms with Crippen molar-refractivity contribution in [3.05, 3.63) is 21.9 Å². The molecule has 0 saturated heterocycles. The van der Waals surface area contributed by atoms with E-state index in [1.54, 1.807) is 6.07 Å². The fourth-order valence-electron chi connectivity index (χ4n) is 0.984. The molecule has 1 rings (SSSR count).